The van der Waals surface area contributed by atoms with Gasteiger partial charge < -0.3 is 13.9 Å². The second-order valence-electron chi connectivity index (χ2n) is 12.7. The van der Waals surface area contributed by atoms with E-state index in [2.05, 4.69) is 49.4 Å². The van der Waals surface area contributed by atoms with Crippen LogP contribution in [0, 0.1) is 11.3 Å². The van der Waals surface area contributed by atoms with E-state index in [9.17, 15) is 19.2 Å². The number of tetrazole rings is 1. The number of aryl methyl sites for hydroxylation is 1. The van der Waals surface area contributed by atoms with Crippen LogP contribution in [0.25, 0.3) is 0 Å². The van der Waals surface area contributed by atoms with E-state index in [4.69, 9.17) is 13.9 Å². The SMILES string of the molecule is CC(C)=C(C(=O)OCOC(=O)C(C)(C)C)N1C(=O)[C@@H]([C@H](C)O[Si](C)(C)C(C)(C)C)[C@H]1SC(=O)CSc1nnnn1C. The van der Waals surface area contributed by atoms with Gasteiger partial charge in [0.25, 0.3) is 0 Å². The molecule has 0 unspecified atom stereocenters. The van der Waals surface area contributed by atoms with Gasteiger partial charge in [0.1, 0.15) is 11.1 Å². The number of allylic oxidation sites excluding steroid dienone is 1. The third-order valence-electron chi connectivity index (χ3n) is 6.93. The average Bonchev–Trinajstić information content (AvgIpc) is 3.23. The van der Waals surface area contributed by atoms with Gasteiger partial charge in [0, 0.05) is 7.05 Å². The highest BCUT2D eigenvalue weighted by Gasteiger charge is 2.56. The molecule has 1 amide bonds. The van der Waals surface area contributed by atoms with Crippen molar-refractivity contribution in [1.82, 2.24) is 25.1 Å². The minimum Gasteiger partial charge on any atom is -0.427 e. The maximum Gasteiger partial charge on any atom is 0.357 e. The molecule has 1 aliphatic rings. The maximum absolute atomic E-state index is 13.7. The van der Waals surface area contributed by atoms with E-state index in [1.807, 2.05) is 6.92 Å². The summed E-state index contributed by atoms with van der Waals surface area (Å²) in [6.07, 6.45) is -0.497. The van der Waals surface area contributed by atoms with Crippen molar-refractivity contribution < 1.29 is 33.1 Å². The maximum atomic E-state index is 13.7. The van der Waals surface area contributed by atoms with E-state index in [1.165, 1.54) is 21.3 Å². The predicted molar refractivity (Wildman–Crippen MR) is 159 cm³/mol. The molecule has 0 aromatic carbocycles. The number of hydrogen-bond acceptors (Lipinski definition) is 12. The summed E-state index contributed by atoms with van der Waals surface area (Å²) in [4.78, 5) is 53.3. The molecular weight excluding hydrogens is 587 g/mol. The first-order valence-electron chi connectivity index (χ1n) is 13.3. The molecule has 12 nitrogen and oxygen atoms in total. The average molecular weight is 630 g/mol. The van der Waals surface area contributed by atoms with E-state index in [0.29, 0.717) is 10.7 Å². The molecule has 0 N–H and O–H groups in total. The van der Waals surface area contributed by atoms with Gasteiger partial charge in [-0.05, 0) is 75.7 Å². The van der Waals surface area contributed by atoms with Crippen molar-refractivity contribution in [2.45, 2.75) is 97.1 Å². The molecule has 0 aliphatic carbocycles. The quantitative estimate of drug-likeness (QED) is 0.0867. The first-order chi connectivity index (χ1) is 18.7. The lowest BCUT2D eigenvalue weighted by molar-refractivity contribution is -0.174. The Bertz CT molecular complexity index is 1190. The number of carbonyl (C=O) groups excluding carboxylic acids is 4. The number of nitrogens with zero attached hydrogens (tertiary/aromatic N) is 5. The number of hydrogen-bond donors (Lipinski definition) is 0. The molecular formula is C26H43N5O7S2Si. The molecule has 0 saturated carbocycles. The fraction of sp³-hybridized carbons (Fsp3) is 0.731. The van der Waals surface area contributed by atoms with Gasteiger partial charge in [-0.3, -0.25) is 19.3 Å². The smallest absolute Gasteiger partial charge is 0.357 e. The highest BCUT2D eigenvalue weighted by Crippen LogP contribution is 2.45. The third-order valence-corrected chi connectivity index (χ3v) is 13.8. The Labute approximate surface area is 251 Å². The number of β-lactam (4-membered cyclic amide) rings is 1. The van der Waals surface area contributed by atoms with Crippen molar-refractivity contribution in [2.24, 2.45) is 18.4 Å². The number of esters is 2. The highest BCUT2D eigenvalue weighted by atomic mass is 32.2. The standard InChI is InChI=1S/C26H43N5O7S2Si/c1-15(2)19(22(34)36-14-37-23(35)25(4,5)6)31-20(33)18(16(3)38-41(11,12)26(7,8)9)21(31)40-17(32)13-39-24-27-28-29-30(24)10/h16,18,21H,13-14H2,1-12H3/t16-,18+,21+/m0/s1. The van der Waals surface area contributed by atoms with Gasteiger partial charge in [0.15, 0.2) is 8.32 Å². The topological polar surface area (TPSA) is 143 Å². The first-order valence-corrected chi connectivity index (χ1v) is 18.0. The second-order valence-corrected chi connectivity index (χ2v) is 19.5. The van der Waals surface area contributed by atoms with E-state index >= 15 is 0 Å². The van der Waals surface area contributed by atoms with Crippen molar-refractivity contribution in [3.05, 3.63) is 11.3 Å². The number of ether oxygens (including phenoxy) is 2. The molecule has 1 aliphatic heterocycles. The zero-order valence-electron chi connectivity index (χ0n) is 26.1. The lowest BCUT2D eigenvalue weighted by Crippen LogP contribution is -2.65. The van der Waals surface area contributed by atoms with E-state index in [-0.39, 0.29) is 27.5 Å². The predicted octanol–water partition coefficient (Wildman–Crippen LogP) is 4.14. The first kappa shape index (κ1) is 35.0. The van der Waals surface area contributed by atoms with Gasteiger partial charge in [0.2, 0.25) is 23.0 Å². The van der Waals surface area contributed by atoms with Crippen LogP contribution in [-0.4, -0.2) is 80.4 Å². The molecule has 230 valence electrons. The van der Waals surface area contributed by atoms with Crippen LogP contribution < -0.4 is 0 Å². The van der Waals surface area contributed by atoms with Gasteiger partial charge in [-0.25, -0.2) is 9.48 Å². The van der Waals surface area contributed by atoms with Crippen LogP contribution in [0.4, 0.5) is 0 Å². The summed E-state index contributed by atoms with van der Waals surface area (Å²) in [6, 6.07) is 0. The Morgan fingerprint density at radius 2 is 1.68 bits per heavy atom. The molecule has 41 heavy (non-hydrogen) atoms. The van der Waals surface area contributed by atoms with Gasteiger partial charge in [-0.2, -0.15) is 0 Å². The van der Waals surface area contributed by atoms with Crippen LogP contribution in [0.3, 0.4) is 0 Å². The van der Waals surface area contributed by atoms with Crippen LogP contribution in [0.15, 0.2) is 16.4 Å². The Balaban J connectivity index is 2.29. The zero-order chi connectivity index (χ0) is 31.5. The summed E-state index contributed by atoms with van der Waals surface area (Å²) in [6.45, 7) is 20.2. The Kier molecular flexibility index (Phi) is 11.4. The third kappa shape index (κ3) is 8.64. The van der Waals surface area contributed by atoms with Crippen molar-refractivity contribution in [3.63, 3.8) is 0 Å². The Morgan fingerprint density at radius 1 is 1.07 bits per heavy atom. The van der Waals surface area contributed by atoms with E-state index < -0.39 is 49.9 Å². The van der Waals surface area contributed by atoms with Gasteiger partial charge in [-0.1, -0.05) is 44.3 Å². The number of amides is 1. The summed E-state index contributed by atoms with van der Waals surface area (Å²) in [5.41, 5.74) is -0.249. The molecule has 0 spiro atoms. The zero-order valence-corrected chi connectivity index (χ0v) is 28.7. The highest BCUT2D eigenvalue weighted by molar-refractivity contribution is 8.16. The van der Waals surface area contributed by atoms with Crippen LogP contribution in [0.1, 0.15) is 62.3 Å². The molecule has 2 rings (SSSR count). The summed E-state index contributed by atoms with van der Waals surface area (Å²) in [7, 11) is -0.579. The van der Waals surface area contributed by atoms with Crippen LogP contribution in [0.5, 0.6) is 0 Å². The minimum atomic E-state index is -2.25. The molecule has 0 bridgehead atoms. The van der Waals surface area contributed by atoms with Crippen LogP contribution >= 0.6 is 23.5 Å². The number of likely N-dealkylation sites (tertiary alicyclic amines) is 1. The molecule has 2 heterocycles. The largest absolute Gasteiger partial charge is 0.427 e. The van der Waals surface area contributed by atoms with Crippen molar-refractivity contribution in [3.8, 4) is 0 Å². The fourth-order valence-corrected chi connectivity index (χ4v) is 7.11. The summed E-state index contributed by atoms with van der Waals surface area (Å²) in [5.74, 6) is -2.31. The fourth-order valence-electron chi connectivity index (χ4n) is 3.60. The van der Waals surface area contributed by atoms with Crippen LogP contribution in [0.2, 0.25) is 18.1 Å². The summed E-state index contributed by atoms with van der Waals surface area (Å²) >= 11 is 2.14. The molecule has 15 heteroatoms. The van der Waals surface area contributed by atoms with Gasteiger partial charge >= 0.3 is 11.9 Å². The van der Waals surface area contributed by atoms with E-state index in [1.54, 1.807) is 41.7 Å². The molecule has 0 radical (unpaired) electrons. The molecule has 1 aromatic rings. The number of rotatable bonds is 11. The van der Waals surface area contributed by atoms with Crippen molar-refractivity contribution in [2.75, 3.05) is 12.5 Å². The number of thioether (sulfide) groups is 2. The second kappa shape index (κ2) is 13.4. The summed E-state index contributed by atoms with van der Waals surface area (Å²) < 4.78 is 18.3. The van der Waals surface area contributed by atoms with Crippen molar-refractivity contribution >= 4 is 54.8 Å². The van der Waals surface area contributed by atoms with Gasteiger partial charge in [-0.15, -0.1) is 5.10 Å². The van der Waals surface area contributed by atoms with Gasteiger partial charge in [0.05, 0.1) is 23.2 Å². The minimum absolute atomic E-state index is 0.00744. The van der Waals surface area contributed by atoms with E-state index in [0.717, 1.165) is 11.8 Å². The Morgan fingerprint density at radius 3 is 2.17 bits per heavy atom. The lowest BCUT2D eigenvalue weighted by atomic mass is 9.91. The molecule has 1 fully saturated rings. The summed E-state index contributed by atoms with van der Waals surface area (Å²) in [5, 5.41) is 10.7. The number of aromatic nitrogens is 4. The monoisotopic (exact) mass is 629 g/mol. The molecule has 1 aromatic heterocycles. The Hall–Kier alpha value is -2.23. The number of carbonyl (C=O) groups is 4. The van der Waals surface area contributed by atoms with Crippen LogP contribution in [-0.2, 0) is 40.1 Å². The lowest BCUT2D eigenvalue weighted by Gasteiger charge is -2.50. The molecule has 3 atom stereocenters. The molecule has 1 saturated heterocycles. The van der Waals surface area contributed by atoms with Crippen molar-refractivity contribution in [1.29, 1.82) is 0 Å². The normalized spacial score (nSPS) is 18.4.